The van der Waals surface area contributed by atoms with Gasteiger partial charge in [-0.25, -0.2) is 0 Å². The molecule has 4 heteroatoms. The minimum Gasteiger partial charge on any atom is -0.396 e. The molecule has 0 aliphatic rings. The van der Waals surface area contributed by atoms with E-state index in [4.69, 9.17) is 21.4 Å². The number of rotatable bonds is 5. The van der Waals surface area contributed by atoms with Gasteiger partial charge >= 0.3 is 0 Å². The first-order valence-electron chi connectivity index (χ1n) is 5.19. The van der Waals surface area contributed by atoms with Gasteiger partial charge in [0.1, 0.15) is 0 Å². The molecule has 0 bridgehead atoms. The van der Waals surface area contributed by atoms with Gasteiger partial charge in [0.05, 0.1) is 6.10 Å². The van der Waals surface area contributed by atoms with E-state index in [2.05, 4.69) is 0 Å². The van der Waals surface area contributed by atoms with E-state index in [1.165, 1.54) is 0 Å². The summed E-state index contributed by atoms with van der Waals surface area (Å²) < 4.78 is 5.46. The van der Waals surface area contributed by atoms with E-state index in [-0.39, 0.29) is 6.61 Å². The molecular formula is C12H17ClO3. The first-order valence-corrected chi connectivity index (χ1v) is 5.57. The predicted octanol–water partition coefficient (Wildman–Crippen LogP) is 2.51. The highest BCUT2D eigenvalue weighted by atomic mass is 35.5. The molecule has 0 radical (unpaired) electrons. The van der Waals surface area contributed by atoms with E-state index in [1.54, 1.807) is 19.9 Å². The average molecular weight is 245 g/mol. The van der Waals surface area contributed by atoms with E-state index in [1.807, 2.05) is 18.2 Å². The van der Waals surface area contributed by atoms with E-state index in [0.717, 1.165) is 5.56 Å². The summed E-state index contributed by atoms with van der Waals surface area (Å²) in [5.41, 5.74) is 0.778. The molecule has 1 aromatic carbocycles. The number of benzene rings is 1. The Kier molecular flexibility index (Phi) is 4.74. The Labute approximate surface area is 101 Å². The summed E-state index contributed by atoms with van der Waals surface area (Å²) in [4.78, 5) is 0. The van der Waals surface area contributed by atoms with Crippen LogP contribution in [0.5, 0.6) is 0 Å². The Balaban J connectivity index is 2.89. The van der Waals surface area contributed by atoms with Crippen molar-refractivity contribution in [2.45, 2.75) is 32.2 Å². The number of hydrogen-bond acceptors (Lipinski definition) is 3. The molecule has 0 spiro atoms. The minimum absolute atomic E-state index is 0.0219. The van der Waals surface area contributed by atoms with Gasteiger partial charge in [-0.15, -0.1) is 0 Å². The monoisotopic (exact) mass is 244 g/mol. The highest BCUT2D eigenvalue weighted by Crippen LogP contribution is 2.30. The summed E-state index contributed by atoms with van der Waals surface area (Å²) in [6.45, 7) is 3.08. The van der Waals surface area contributed by atoms with Crippen molar-refractivity contribution in [3.63, 3.8) is 0 Å². The van der Waals surface area contributed by atoms with Crippen molar-refractivity contribution in [1.82, 2.24) is 0 Å². The van der Waals surface area contributed by atoms with E-state index >= 15 is 0 Å². The maximum absolute atomic E-state index is 9.62. The molecule has 90 valence electrons. The van der Waals surface area contributed by atoms with Crippen molar-refractivity contribution in [3.8, 4) is 0 Å². The summed E-state index contributed by atoms with van der Waals surface area (Å²) in [6.07, 6.45) is -0.00743. The minimum atomic E-state index is -1.25. The topological polar surface area (TPSA) is 49.7 Å². The number of aliphatic hydroxyl groups is 2. The lowest BCUT2D eigenvalue weighted by molar-refractivity contribution is -0.210. The first kappa shape index (κ1) is 13.5. The van der Waals surface area contributed by atoms with Gasteiger partial charge in [0, 0.05) is 18.1 Å². The van der Waals surface area contributed by atoms with Gasteiger partial charge in [-0.2, -0.15) is 0 Å². The van der Waals surface area contributed by atoms with Crippen molar-refractivity contribution in [2.75, 3.05) is 6.61 Å². The molecule has 3 nitrogen and oxygen atoms in total. The molecule has 0 saturated carbocycles. The Hall–Kier alpha value is -0.610. The molecule has 0 fully saturated rings. The summed E-state index contributed by atoms with van der Waals surface area (Å²) in [5, 5.41) is 19.2. The molecule has 1 aromatic rings. The van der Waals surface area contributed by atoms with Gasteiger partial charge in [-0.1, -0.05) is 29.8 Å². The largest absolute Gasteiger partial charge is 0.396 e. The SMILES string of the molecule is CC(C)(O)O[C@@H](CCO)c1ccccc1Cl. The van der Waals surface area contributed by atoms with Gasteiger partial charge in [0.25, 0.3) is 0 Å². The molecule has 0 heterocycles. The normalized spacial score (nSPS) is 13.8. The zero-order valence-corrected chi connectivity index (χ0v) is 10.2. The van der Waals surface area contributed by atoms with Crippen LogP contribution in [0.15, 0.2) is 24.3 Å². The van der Waals surface area contributed by atoms with Crippen LogP contribution in [0, 0.1) is 0 Å². The summed E-state index contributed by atoms with van der Waals surface area (Å²) in [5.74, 6) is -1.25. The van der Waals surface area contributed by atoms with Crippen LogP contribution < -0.4 is 0 Å². The first-order chi connectivity index (χ1) is 7.44. The molecule has 0 saturated heterocycles. The summed E-state index contributed by atoms with van der Waals surface area (Å²) in [7, 11) is 0. The fourth-order valence-electron chi connectivity index (χ4n) is 1.48. The van der Waals surface area contributed by atoms with E-state index in [0.29, 0.717) is 11.4 Å². The maximum Gasteiger partial charge on any atom is 0.160 e. The highest BCUT2D eigenvalue weighted by molar-refractivity contribution is 6.31. The van der Waals surface area contributed by atoms with Crippen LogP contribution in [0.3, 0.4) is 0 Å². The number of aliphatic hydroxyl groups excluding tert-OH is 1. The third-order valence-corrected chi connectivity index (χ3v) is 2.42. The standard InChI is InChI=1S/C12H17ClO3/c1-12(2,15)16-11(7-8-14)9-5-3-4-6-10(9)13/h3-6,11,14-15H,7-8H2,1-2H3/t11-/m0/s1. The second-order valence-electron chi connectivity index (χ2n) is 4.09. The highest BCUT2D eigenvalue weighted by Gasteiger charge is 2.23. The molecular weight excluding hydrogens is 228 g/mol. The van der Waals surface area contributed by atoms with E-state index in [9.17, 15) is 5.11 Å². The zero-order valence-electron chi connectivity index (χ0n) is 9.48. The smallest absolute Gasteiger partial charge is 0.160 e. The van der Waals surface area contributed by atoms with Gasteiger partial charge in [-0.05, 0) is 25.5 Å². The molecule has 0 unspecified atom stereocenters. The van der Waals surface area contributed by atoms with Crippen molar-refractivity contribution < 1.29 is 14.9 Å². The number of ether oxygens (including phenoxy) is 1. The van der Waals surface area contributed by atoms with Crippen LogP contribution in [-0.2, 0) is 4.74 Å². The molecule has 1 atom stereocenters. The zero-order chi connectivity index (χ0) is 12.2. The molecule has 0 aromatic heterocycles. The third kappa shape index (κ3) is 4.10. The third-order valence-electron chi connectivity index (χ3n) is 2.07. The lowest BCUT2D eigenvalue weighted by atomic mass is 10.1. The molecule has 1 rings (SSSR count). The van der Waals surface area contributed by atoms with Crippen molar-refractivity contribution >= 4 is 11.6 Å². The van der Waals surface area contributed by atoms with Gasteiger partial charge < -0.3 is 14.9 Å². The Bertz CT molecular complexity index is 333. The van der Waals surface area contributed by atoms with Gasteiger partial charge in [-0.3, -0.25) is 0 Å². The molecule has 16 heavy (non-hydrogen) atoms. The quantitative estimate of drug-likeness (QED) is 0.783. The second-order valence-corrected chi connectivity index (χ2v) is 4.49. The van der Waals surface area contributed by atoms with Crippen LogP contribution in [-0.4, -0.2) is 22.6 Å². The van der Waals surface area contributed by atoms with Crippen molar-refractivity contribution in [2.24, 2.45) is 0 Å². The Morgan fingerprint density at radius 1 is 1.38 bits per heavy atom. The Morgan fingerprint density at radius 3 is 2.50 bits per heavy atom. The Morgan fingerprint density at radius 2 is 2.00 bits per heavy atom. The lowest BCUT2D eigenvalue weighted by Gasteiger charge is -2.26. The van der Waals surface area contributed by atoms with Crippen LogP contribution in [0.1, 0.15) is 31.9 Å². The molecule has 0 aliphatic heterocycles. The molecule has 2 N–H and O–H groups in total. The molecule has 0 aliphatic carbocycles. The second kappa shape index (κ2) is 5.64. The maximum atomic E-state index is 9.62. The van der Waals surface area contributed by atoms with Crippen LogP contribution in [0.25, 0.3) is 0 Å². The summed E-state index contributed by atoms with van der Waals surface area (Å²) >= 11 is 6.04. The van der Waals surface area contributed by atoms with Crippen LogP contribution in [0.4, 0.5) is 0 Å². The summed E-state index contributed by atoms with van der Waals surface area (Å²) in [6, 6.07) is 7.26. The molecule has 0 amide bonds. The fraction of sp³-hybridized carbons (Fsp3) is 0.500. The predicted molar refractivity (Wildman–Crippen MR) is 63.3 cm³/mol. The average Bonchev–Trinajstić information content (AvgIpc) is 2.16. The van der Waals surface area contributed by atoms with Crippen molar-refractivity contribution in [3.05, 3.63) is 34.9 Å². The van der Waals surface area contributed by atoms with Crippen molar-refractivity contribution in [1.29, 1.82) is 0 Å². The fourth-order valence-corrected chi connectivity index (χ4v) is 1.74. The number of halogens is 1. The van der Waals surface area contributed by atoms with Crippen LogP contribution >= 0.6 is 11.6 Å². The lowest BCUT2D eigenvalue weighted by Crippen LogP contribution is -2.26. The van der Waals surface area contributed by atoms with Gasteiger partial charge in [0.15, 0.2) is 5.79 Å². The van der Waals surface area contributed by atoms with Crippen LogP contribution in [0.2, 0.25) is 5.02 Å². The van der Waals surface area contributed by atoms with Gasteiger partial charge in [0.2, 0.25) is 0 Å². The number of hydrogen-bond donors (Lipinski definition) is 2. The van der Waals surface area contributed by atoms with E-state index < -0.39 is 11.9 Å².